The van der Waals surface area contributed by atoms with E-state index in [1.54, 1.807) is 6.07 Å². The van der Waals surface area contributed by atoms with E-state index in [0.717, 1.165) is 18.7 Å². The molecule has 144 valence electrons. The largest absolute Gasteiger partial charge is 0.494 e. The number of nitrogens with one attached hydrogen (secondary N) is 1. The first-order valence-corrected chi connectivity index (χ1v) is 9.67. The average molecular weight is 408 g/mol. The minimum Gasteiger partial charge on any atom is -0.494 e. The molecule has 1 fully saturated rings. The van der Waals surface area contributed by atoms with E-state index in [-0.39, 0.29) is 16.0 Å². The lowest BCUT2D eigenvalue weighted by Crippen LogP contribution is -2.37. The quantitative estimate of drug-likeness (QED) is 0.681. The van der Waals surface area contributed by atoms with Gasteiger partial charge in [-0.2, -0.15) is 0 Å². The lowest BCUT2D eigenvalue weighted by molar-refractivity contribution is 0.102. The summed E-state index contributed by atoms with van der Waals surface area (Å²) < 4.78 is 5.11. The maximum absolute atomic E-state index is 12.5. The second-order valence-electron chi connectivity index (χ2n) is 6.74. The molecule has 0 aromatic heterocycles. The van der Waals surface area contributed by atoms with Gasteiger partial charge in [-0.1, -0.05) is 23.2 Å². The number of methoxy groups -OCH3 is 1. The Kier molecular flexibility index (Phi) is 6.02. The van der Waals surface area contributed by atoms with Crippen LogP contribution in [0.25, 0.3) is 0 Å². The van der Waals surface area contributed by atoms with Gasteiger partial charge in [-0.3, -0.25) is 4.79 Å². The van der Waals surface area contributed by atoms with Crippen molar-refractivity contribution in [3.8, 4) is 5.75 Å². The number of halogens is 2. The first kappa shape index (κ1) is 19.6. The van der Waals surface area contributed by atoms with Gasteiger partial charge in [-0.15, -0.1) is 0 Å². The zero-order chi connectivity index (χ0) is 19.6. The van der Waals surface area contributed by atoms with Crippen LogP contribution in [-0.2, 0) is 0 Å². The van der Waals surface area contributed by atoms with E-state index in [4.69, 9.17) is 33.7 Å². The Hall–Kier alpha value is -2.11. The molecule has 5 nitrogen and oxygen atoms in total. The lowest BCUT2D eigenvalue weighted by atomic mass is 10.0. The number of carbonyl (C=O) groups excluding carboxylic acids is 1. The summed E-state index contributed by atoms with van der Waals surface area (Å²) in [5.74, 6) is 0.0269. The van der Waals surface area contributed by atoms with E-state index in [0.29, 0.717) is 28.7 Å². The number of nitrogens with two attached hydrogens (primary N) is 1. The Morgan fingerprint density at radius 3 is 2.52 bits per heavy atom. The summed E-state index contributed by atoms with van der Waals surface area (Å²) in [6.45, 7) is 3.21. The van der Waals surface area contributed by atoms with Crippen molar-refractivity contribution in [3.05, 3.63) is 45.9 Å². The molecule has 3 rings (SSSR count). The molecule has 0 aliphatic carbocycles. The van der Waals surface area contributed by atoms with Gasteiger partial charge in [0.25, 0.3) is 5.91 Å². The van der Waals surface area contributed by atoms with Crippen LogP contribution in [-0.4, -0.2) is 25.6 Å². The van der Waals surface area contributed by atoms with Gasteiger partial charge in [0.1, 0.15) is 0 Å². The van der Waals surface area contributed by atoms with Gasteiger partial charge < -0.3 is 20.7 Å². The third-order valence-corrected chi connectivity index (χ3v) is 5.42. The molecule has 1 heterocycles. The molecular formula is C20H23Cl2N3O2. The summed E-state index contributed by atoms with van der Waals surface area (Å²) in [6, 6.07) is 9.11. The van der Waals surface area contributed by atoms with Crippen molar-refractivity contribution in [2.45, 2.75) is 32.2 Å². The number of nitrogens with zero attached hydrogens (tertiary/aromatic N) is 1. The molecular weight excluding hydrogens is 385 g/mol. The summed E-state index contributed by atoms with van der Waals surface area (Å²) in [6.07, 6.45) is 3.58. The average Bonchev–Trinajstić information content (AvgIpc) is 2.62. The molecule has 0 unspecified atom stereocenters. The highest BCUT2D eigenvalue weighted by molar-refractivity contribution is 6.37. The molecule has 1 amide bonds. The second-order valence-corrected chi connectivity index (χ2v) is 7.55. The van der Waals surface area contributed by atoms with Crippen LogP contribution in [0.5, 0.6) is 5.75 Å². The maximum Gasteiger partial charge on any atom is 0.255 e. The molecule has 0 bridgehead atoms. The van der Waals surface area contributed by atoms with Crippen molar-refractivity contribution in [1.29, 1.82) is 0 Å². The van der Waals surface area contributed by atoms with Crippen LogP contribution in [0.1, 0.15) is 36.5 Å². The van der Waals surface area contributed by atoms with Gasteiger partial charge >= 0.3 is 0 Å². The van der Waals surface area contributed by atoms with Crippen molar-refractivity contribution >= 4 is 46.2 Å². The Labute approximate surface area is 169 Å². The van der Waals surface area contributed by atoms with Gasteiger partial charge in [-0.05, 0) is 56.5 Å². The van der Waals surface area contributed by atoms with Crippen molar-refractivity contribution in [1.82, 2.24) is 0 Å². The van der Waals surface area contributed by atoms with E-state index in [1.807, 2.05) is 12.1 Å². The van der Waals surface area contributed by atoms with E-state index in [1.165, 1.54) is 32.1 Å². The normalized spacial score (nSPS) is 16.9. The third-order valence-electron chi connectivity index (χ3n) is 4.86. The van der Waals surface area contributed by atoms with Crippen molar-refractivity contribution < 1.29 is 9.53 Å². The molecule has 1 aliphatic heterocycles. The number of anilines is 3. The molecule has 1 aliphatic rings. The van der Waals surface area contributed by atoms with Crippen LogP contribution in [0.2, 0.25) is 10.0 Å². The fraction of sp³-hybridized carbons (Fsp3) is 0.350. The van der Waals surface area contributed by atoms with Crippen LogP contribution in [0.3, 0.4) is 0 Å². The number of rotatable bonds is 4. The number of hydrogen-bond donors (Lipinski definition) is 2. The first-order valence-electron chi connectivity index (χ1n) is 8.91. The minimum atomic E-state index is -0.319. The lowest BCUT2D eigenvalue weighted by Gasteiger charge is -2.36. The van der Waals surface area contributed by atoms with Crippen molar-refractivity contribution in [2.24, 2.45) is 0 Å². The van der Waals surface area contributed by atoms with Crippen LogP contribution < -0.4 is 20.7 Å². The molecule has 0 saturated carbocycles. The highest BCUT2D eigenvalue weighted by Gasteiger charge is 2.21. The number of hydrogen-bond acceptors (Lipinski definition) is 4. The van der Waals surface area contributed by atoms with E-state index >= 15 is 0 Å². The highest BCUT2D eigenvalue weighted by Crippen LogP contribution is 2.35. The fourth-order valence-electron chi connectivity index (χ4n) is 3.44. The minimum absolute atomic E-state index is 0.282. The molecule has 1 saturated heterocycles. The summed E-state index contributed by atoms with van der Waals surface area (Å²) in [7, 11) is 1.47. The van der Waals surface area contributed by atoms with Crippen LogP contribution in [0, 0.1) is 0 Å². The number of piperidine rings is 1. The predicted octanol–water partition coefficient (Wildman–Crippen LogP) is 5.22. The van der Waals surface area contributed by atoms with Gasteiger partial charge in [0.2, 0.25) is 0 Å². The molecule has 2 aromatic rings. The zero-order valence-corrected chi connectivity index (χ0v) is 16.9. The number of ether oxygens (including phenoxy) is 1. The predicted molar refractivity (Wildman–Crippen MR) is 112 cm³/mol. The van der Waals surface area contributed by atoms with Gasteiger partial charge in [-0.25, -0.2) is 0 Å². The monoisotopic (exact) mass is 407 g/mol. The SMILES string of the molecule is COc1c(Cl)cc(C(=O)Nc2ccc(N3CCCC[C@@H]3C)c(N)c2)cc1Cl. The molecule has 2 aromatic carbocycles. The van der Waals surface area contributed by atoms with E-state index in [9.17, 15) is 4.79 Å². The fourth-order valence-corrected chi connectivity index (χ4v) is 4.08. The first-order chi connectivity index (χ1) is 12.9. The molecule has 27 heavy (non-hydrogen) atoms. The number of nitrogen functional groups attached to an aromatic ring is 1. The molecule has 7 heteroatoms. The number of carbonyl (C=O) groups is 1. The summed E-state index contributed by atoms with van der Waals surface area (Å²) in [4.78, 5) is 14.9. The molecule has 3 N–H and O–H groups in total. The second kappa shape index (κ2) is 8.28. The Morgan fingerprint density at radius 2 is 1.93 bits per heavy atom. The van der Waals surface area contributed by atoms with E-state index < -0.39 is 0 Å². The van der Waals surface area contributed by atoms with Crippen LogP contribution >= 0.6 is 23.2 Å². The topological polar surface area (TPSA) is 67.6 Å². The zero-order valence-electron chi connectivity index (χ0n) is 15.4. The third kappa shape index (κ3) is 4.25. The number of benzene rings is 2. The smallest absolute Gasteiger partial charge is 0.255 e. The van der Waals surface area contributed by atoms with E-state index in [2.05, 4.69) is 17.1 Å². The molecule has 0 radical (unpaired) electrons. The van der Waals surface area contributed by atoms with Gasteiger partial charge in [0.15, 0.2) is 5.75 Å². The van der Waals surface area contributed by atoms with Crippen LogP contribution in [0.15, 0.2) is 30.3 Å². The Balaban J connectivity index is 1.78. The molecule has 0 spiro atoms. The summed E-state index contributed by atoms with van der Waals surface area (Å²) in [5.41, 5.74) is 8.88. The van der Waals surface area contributed by atoms with Crippen molar-refractivity contribution in [2.75, 3.05) is 29.6 Å². The van der Waals surface area contributed by atoms with Crippen LogP contribution in [0.4, 0.5) is 17.1 Å². The molecule has 1 atom stereocenters. The highest BCUT2D eigenvalue weighted by atomic mass is 35.5. The van der Waals surface area contributed by atoms with Gasteiger partial charge in [0, 0.05) is 23.8 Å². The Bertz CT molecular complexity index is 834. The Morgan fingerprint density at radius 1 is 1.22 bits per heavy atom. The van der Waals surface area contributed by atoms with Crippen molar-refractivity contribution in [3.63, 3.8) is 0 Å². The van der Waals surface area contributed by atoms with Gasteiger partial charge in [0.05, 0.1) is 28.5 Å². The summed E-state index contributed by atoms with van der Waals surface area (Å²) >= 11 is 12.2. The maximum atomic E-state index is 12.5. The number of amides is 1. The standard InChI is InChI=1S/C20H23Cl2N3O2/c1-12-5-3-4-8-25(12)18-7-6-14(11-17(18)23)24-20(26)13-9-15(21)19(27-2)16(22)10-13/h6-7,9-12H,3-5,8,23H2,1-2H3,(H,24,26)/t12-/m0/s1. The summed E-state index contributed by atoms with van der Waals surface area (Å²) in [5, 5.41) is 3.40.